The Morgan fingerprint density at radius 1 is 0.862 bits per heavy atom. The van der Waals surface area contributed by atoms with Gasteiger partial charge in [0, 0.05) is 48.9 Å². The normalized spacial score (nSPS) is 14.5. The highest BCUT2D eigenvalue weighted by molar-refractivity contribution is 6.31. The number of aromatic amines is 1. The number of piperazine rings is 1. The van der Waals surface area contributed by atoms with Crippen LogP contribution in [0.5, 0.6) is 0 Å². The Labute approximate surface area is 174 Å². The lowest BCUT2D eigenvalue weighted by atomic mass is 10.1. The molecule has 144 valence electrons. The molecule has 1 aliphatic rings. The van der Waals surface area contributed by atoms with Crippen LogP contribution in [0.1, 0.15) is 10.4 Å². The molecule has 5 heteroatoms. The molecule has 0 radical (unpaired) electrons. The fraction of sp³-hybridized carbons (Fsp3) is 0.167. The molecular weight excluding hydrogens is 382 g/mol. The largest absolute Gasteiger partial charge is 0.367 e. The van der Waals surface area contributed by atoms with Crippen molar-refractivity contribution in [3.8, 4) is 0 Å². The second-order valence-electron chi connectivity index (χ2n) is 7.39. The molecule has 1 saturated heterocycles. The van der Waals surface area contributed by atoms with Gasteiger partial charge in [0.1, 0.15) is 0 Å². The first kappa shape index (κ1) is 18.0. The number of anilines is 1. The van der Waals surface area contributed by atoms with E-state index in [2.05, 4.69) is 28.1 Å². The number of nitrogens with one attached hydrogen (secondary N) is 1. The lowest BCUT2D eigenvalue weighted by Gasteiger charge is -2.36. The van der Waals surface area contributed by atoms with Crippen molar-refractivity contribution < 1.29 is 9.78 Å². The second kappa shape index (κ2) is 7.37. The zero-order valence-corrected chi connectivity index (χ0v) is 16.7. The van der Waals surface area contributed by atoms with Crippen molar-refractivity contribution in [1.82, 2.24) is 4.90 Å². The highest BCUT2D eigenvalue weighted by atomic mass is 35.5. The van der Waals surface area contributed by atoms with Crippen LogP contribution in [0.25, 0.3) is 21.7 Å². The first-order chi connectivity index (χ1) is 14.2. The van der Waals surface area contributed by atoms with Gasteiger partial charge in [0.25, 0.3) is 5.91 Å². The summed E-state index contributed by atoms with van der Waals surface area (Å²) >= 11 is 6.13. The van der Waals surface area contributed by atoms with Crippen LogP contribution in [-0.2, 0) is 0 Å². The van der Waals surface area contributed by atoms with E-state index in [0.717, 1.165) is 45.4 Å². The smallest absolute Gasteiger partial charge is 0.253 e. The summed E-state index contributed by atoms with van der Waals surface area (Å²) < 4.78 is 0. The Kier molecular flexibility index (Phi) is 4.57. The summed E-state index contributed by atoms with van der Waals surface area (Å²) in [6.07, 6.45) is 1.95. The van der Waals surface area contributed by atoms with Gasteiger partial charge in [0.05, 0.1) is 11.1 Å². The average molecular weight is 403 g/mol. The number of pyridine rings is 1. The van der Waals surface area contributed by atoms with E-state index in [9.17, 15) is 4.79 Å². The molecule has 0 atom stereocenters. The van der Waals surface area contributed by atoms with Gasteiger partial charge >= 0.3 is 0 Å². The third-order valence-corrected chi connectivity index (χ3v) is 5.88. The number of carbonyl (C=O) groups excluding carboxylic acids is 1. The summed E-state index contributed by atoms with van der Waals surface area (Å²) in [6, 6.07) is 22.1. The monoisotopic (exact) mass is 402 g/mol. The van der Waals surface area contributed by atoms with Crippen molar-refractivity contribution in [2.45, 2.75) is 0 Å². The van der Waals surface area contributed by atoms with Gasteiger partial charge in [-0.2, -0.15) is 0 Å². The van der Waals surface area contributed by atoms with Gasteiger partial charge in [0.15, 0.2) is 6.20 Å². The molecule has 1 aliphatic heterocycles. The Morgan fingerprint density at radius 2 is 1.66 bits per heavy atom. The minimum atomic E-state index is 0.105. The quantitative estimate of drug-likeness (QED) is 0.497. The molecule has 1 N–H and O–H groups in total. The van der Waals surface area contributed by atoms with Crippen LogP contribution in [0, 0.1) is 0 Å². The van der Waals surface area contributed by atoms with Gasteiger partial charge in [-0.15, -0.1) is 0 Å². The lowest BCUT2D eigenvalue weighted by Crippen LogP contribution is -2.48. The standard InChI is InChI=1S/C24H20ClN3O/c25-20-7-8-21-22(16-20)26-10-9-23(21)27-11-13-28(14-12-27)24(29)19-6-5-17-3-1-2-4-18(17)15-19/h1-10,15-16H,11-14H2/p+1. The van der Waals surface area contributed by atoms with Crippen molar-refractivity contribution in [3.05, 3.63) is 83.5 Å². The number of amides is 1. The molecule has 0 saturated carbocycles. The first-order valence-corrected chi connectivity index (χ1v) is 10.2. The van der Waals surface area contributed by atoms with Crippen LogP contribution in [-0.4, -0.2) is 37.0 Å². The molecule has 5 rings (SSSR count). The summed E-state index contributed by atoms with van der Waals surface area (Å²) in [5.41, 5.74) is 2.95. The Morgan fingerprint density at radius 3 is 2.48 bits per heavy atom. The van der Waals surface area contributed by atoms with Crippen LogP contribution in [0.3, 0.4) is 0 Å². The Balaban J connectivity index is 1.34. The number of benzene rings is 3. The van der Waals surface area contributed by atoms with Crippen molar-refractivity contribution in [2.75, 3.05) is 31.1 Å². The maximum Gasteiger partial charge on any atom is 0.253 e. The van der Waals surface area contributed by atoms with Crippen molar-refractivity contribution in [2.24, 2.45) is 0 Å². The van der Waals surface area contributed by atoms with Crippen LogP contribution in [0.15, 0.2) is 72.9 Å². The summed E-state index contributed by atoms with van der Waals surface area (Å²) in [7, 11) is 0. The predicted molar refractivity (Wildman–Crippen MR) is 118 cm³/mol. The van der Waals surface area contributed by atoms with Crippen LogP contribution >= 0.6 is 11.6 Å². The summed E-state index contributed by atoms with van der Waals surface area (Å²) in [4.78, 5) is 20.6. The van der Waals surface area contributed by atoms with E-state index in [4.69, 9.17) is 11.6 Å². The molecule has 4 nitrogen and oxygen atoms in total. The molecule has 0 spiro atoms. The van der Waals surface area contributed by atoms with Gasteiger partial charge in [-0.05, 0) is 35.0 Å². The molecule has 0 unspecified atom stereocenters. The van der Waals surface area contributed by atoms with E-state index in [1.165, 1.54) is 5.69 Å². The van der Waals surface area contributed by atoms with Gasteiger partial charge in [-0.25, -0.2) is 4.98 Å². The minimum absolute atomic E-state index is 0.105. The number of hydrogen-bond acceptors (Lipinski definition) is 2. The highest BCUT2D eigenvalue weighted by Crippen LogP contribution is 2.27. The number of fused-ring (bicyclic) bond motifs is 2. The molecular formula is C24H21ClN3O+. The maximum absolute atomic E-state index is 13.0. The average Bonchev–Trinajstić information content (AvgIpc) is 2.78. The van der Waals surface area contributed by atoms with Gasteiger partial charge < -0.3 is 9.80 Å². The SMILES string of the molecule is O=C(c1ccc2ccccc2c1)N1CCN(c2cc[nH+]c3cc(Cl)ccc23)CC1. The third kappa shape index (κ3) is 3.40. The molecule has 1 aromatic heterocycles. The molecule has 29 heavy (non-hydrogen) atoms. The fourth-order valence-corrected chi connectivity index (χ4v) is 4.26. The van der Waals surface area contributed by atoms with E-state index in [1.807, 2.05) is 59.6 Å². The van der Waals surface area contributed by atoms with Crippen LogP contribution in [0.4, 0.5) is 5.69 Å². The number of hydrogen-bond donors (Lipinski definition) is 0. The Bertz CT molecular complexity index is 1220. The number of halogens is 1. The number of nitrogens with zero attached hydrogens (tertiary/aromatic N) is 2. The van der Waals surface area contributed by atoms with E-state index >= 15 is 0 Å². The van der Waals surface area contributed by atoms with Crippen LogP contribution < -0.4 is 9.88 Å². The topological polar surface area (TPSA) is 37.7 Å². The Hall–Kier alpha value is -3.11. The lowest BCUT2D eigenvalue weighted by molar-refractivity contribution is -0.344. The number of H-pyrrole nitrogens is 1. The van der Waals surface area contributed by atoms with Crippen molar-refractivity contribution in [3.63, 3.8) is 0 Å². The maximum atomic E-state index is 13.0. The summed E-state index contributed by atoms with van der Waals surface area (Å²) in [6.45, 7) is 3.03. The molecule has 0 bridgehead atoms. The van der Waals surface area contributed by atoms with Gasteiger partial charge in [0.2, 0.25) is 5.52 Å². The van der Waals surface area contributed by atoms with E-state index in [1.54, 1.807) is 0 Å². The summed E-state index contributed by atoms with van der Waals surface area (Å²) in [5, 5.41) is 4.12. The second-order valence-corrected chi connectivity index (χ2v) is 7.83. The molecule has 1 fully saturated rings. The van der Waals surface area contributed by atoms with E-state index in [0.29, 0.717) is 13.1 Å². The molecule has 2 heterocycles. The molecule has 1 amide bonds. The zero-order chi connectivity index (χ0) is 19.8. The first-order valence-electron chi connectivity index (χ1n) is 9.82. The number of rotatable bonds is 2. The van der Waals surface area contributed by atoms with Crippen LogP contribution in [0.2, 0.25) is 5.02 Å². The minimum Gasteiger partial charge on any atom is -0.367 e. The number of carbonyl (C=O) groups is 1. The summed E-state index contributed by atoms with van der Waals surface area (Å²) in [5.74, 6) is 0.105. The highest BCUT2D eigenvalue weighted by Gasteiger charge is 2.24. The van der Waals surface area contributed by atoms with Crippen molar-refractivity contribution >= 4 is 44.9 Å². The number of aromatic nitrogens is 1. The van der Waals surface area contributed by atoms with Crippen molar-refractivity contribution in [1.29, 1.82) is 0 Å². The van der Waals surface area contributed by atoms with E-state index in [-0.39, 0.29) is 5.91 Å². The van der Waals surface area contributed by atoms with Gasteiger partial charge in [-0.3, -0.25) is 4.79 Å². The fourth-order valence-electron chi connectivity index (χ4n) is 4.09. The van der Waals surface area contributed by atoms with Gasteiger partial charge in [-0.1, -0.05) is 41.9 Å². The molecule has 4 aromatic rings. The van der Waals surface area contributed by atoms with E-state index < -0.39 is 0 Å². The zero-order valence-electron chi connectivity index (χ0n) is 15.9. The third-order valence-electron chi connectivity index (χ3n) is 5.64. The molecule has 0 aliphatic carbocycles. The molecule has 3 aromatic carbocycles. The predicted octanol–water partition coefficient (Wildman–Crippen LogP) is 4.42.